The lowest BCUT2D eigenvalue weighted by molar-refractivity contribution is 1.32. The zero-order valence-corrected chi connectivity index (χ0v) is 19.8. The molecule has 0 spiro atoms. The first kappa shape index (κ1) is 21.8. The van der Waals surface area contributed by atoms with Crippen LogP contribution >= 0.6 is 12.8 Å². The summed E-state index contributed by atoms with van der Waals surface area (Å²) < 4.78 is 2.93. The Balaban J connectivity index is 1.67. The maximum atomic E-state index is 5.05. The summed E-state index contributed by atoms with van der Waals surface area (Å²) in [5.41, 5.74) is 10.6. The van der Waals surface area contributed by atoms with Gasteiger partial charge in [-0.05, 0) is 64.7 Å². The number of rotatable bonds is 6. The lowest BCUT2D eigenvalue weighted by Gasteiger charge is -2.13. The highest BCUT2D eigenvalue weighted by Gasteiger charge is 2.11. The quantitative estimate of drug-likeness (QED) is 0.225. The Hall–Kier alpha value is -4.02. The van der Waals surface area contributed by atoms with Gasteiger partial charge in [0.15, 0.2) is 0 Å². The molecule has 1 aromatic heterocycles. The molecule has 5 rings (SSSR count). The van der Waals surface area contributed by atoms with Crippen molar-refractivity contribution in [2.75, 3.05) is 17.1 Å². The van der Waals surface area contributed by atoms with Crippen molar-refractivity contribution in [3.8, 4) is 44.8 Å². The summed E-state index contributed by atoms with van der Waals surface area (Å²) in [5, 5.41) is 3.23. The van der Waals surface area contributed by atoms with E-state index in [0.29, 0.717) is 0 Å². The van der Waals surface area contributed by atoms with E-state index in [0.717, 1.165) is 45.0 Å². The fourth-order valence-electron chi connectivity index (χ4n) is 4.08. The minimum absolute atomic E-state index is 0.915. The van der Waals surface area contributed by atoms with Crippen LogP contribution in [0.4, 0.5) is 11.4 Å². The van der Waals surface area contributed by atoms with Gasteiger partial charge in [-0.15, -0.1) is 0 Å². The third-order valence-corrected chi connectivity index (χ3v) is 6.12. The standard InChI is InChI=1S/C30H25N3S/c1-31-27-14-6-12-24(17-27)29-19-26(20-30(32-29)25-13-7-15-28(18-25)33-34)23-11-5-10-22(16-23)21-8-3-2-4-9-21/h2-20,31,33-34H,1H3. The molecule has 5 aromatic rings. The fraction of sp³-hybridized carbons (Fsp3) is 0.0333. The summed E-state index contributed by atoms with van der Waals surface area (Å²) in [7, 11) is 1.93. The normalized spacial score (nSPS) is 10.6. The topological polar surface area (TPSA) is 37.0 Å². The van der Waals surface area contributed by atoms with E-state index in [9.17, 15) is 0 Å². The number of hydrogen-bond acceptors (Lipinski definition) is 4. The van der Waals surface area contributed by atoms with Gasteiger partial charge in [0, 0.05) is 29.5 Å². The molecule has 3 nitrogen and oxygen atoms in total. The molecule has 4 aromatic carbocycles. The Bertz CT molecular complexity index is 1360. The van der Waals surface area contributed by atoms with Crippen molar-refractivity contribution in [2.24, 2.45) is 0 Å². The second kappa shape index (κ2) is 9.86. The molecule has 0 aliphatic carbocycles. The van der Waals surface area contributed by atoms with Gasteiger partial charge < -0.3 is 10.0 Å². The summed E-state index contributed by atoms with van der Waals surface area (Å²) in [6, 6.07) is 39.9. The van der Waals surface area contributed by atoms with Crippen LogP contribution in [0.1, 0.15) is 0 Å². The summed E-state index contributed by atoms with van der Waals surface area (Å²) >= 11 is 4.22. The molecule has 0 bridgehead atoms. The molecule has 4 heteroatoms. The van der Waals surface area contributed by atoms with Crippen LogP contribution in [0.3, 0.4) is 0 Å². The second-order valence-electron chi connectivity index (χ2n) is 8.10. The summed E-state index contributed by atoms with van der Waals surface area (Å²) in [5.74, 6) is 0. The van der Waals surface area contributed by atoms with Crippen LogP contribution in [0.5, 0.6) is 0 Å². The molecule has 0 aliphatic heterocycles. The molecule has 0 fully saturated rings. The number of anilines is 2. The Morgan fingerprint density at radius 3 is 1.68 bits per heavy atom. The number of nitrogens with zero attached hydrogens (tertiary/aromatic N) is 1. The number of aromatic nitrogens is 1. The van der Waals surface area contributed by atoms with E-state index in [-0.39, 0.29) is 0 Å². The maximum Gasteiger partial charge on any atom is 0.0716 e. The molecule has 0 aliphatic rings. The van der Waals surface area contributed by atoms with E-state index >= 15 is 0 Å². The SMILES string of the molecule is CNc1cccc(-c2cc(-c3cccc(-c4ccccc4)c3)cc(-c3cccc(NS)c3)n2)c1. The third-order valence-electron chi connectivity index (χ3n) is 5.86. The van der Waals surface area contributed by atoms with Gasteiger partial charge in [-0.2, -0.15) is 0 Å². The minimum Gasteiger partial charge on any atom is -0.388 e. The van der Waals surface area contributed by atoms with Crippen LogP contribution in [0.15, 0.2) is 115 Å². The van der Waals surface area contributed by atoms with Gasteiger partial charge in [0.05, 0.1) is 11.4 Å². The first-order valence-electron chi connectivity index (χ1n) is 11.2. The van der Waals surface area contributed by atoms with E-state index in [4.69, 9.17) is 4.98 Å². The van der Waals surface area contributed by atoms with Crippen LogP contribution in [-0.2, 0) is 0 Å². The predicted molar refractivity (Wildman–Crippen MR) is 148 cm³/mol. The van der Waals surface area contributed by atoms with Crippen LogP contribution in [0, 0.1) is 0 Å². The summed E-state index contributed by atoms with van der Waals surface area (Å²) in [4.78, 5) is 5.05. The smallest absolute Gasteiger partial charge is 0.0716 e. The van der Waals surface area contributed by atoms with Gasteiger partial charge in [-0.25, -0.2) is 4.98 Å². The Morgan fingerprint density at radius 2 is 1.03 bits per heavy atom. The van der Waals surface area contributed by atoms with Crippen molar-refractivity contribution in [1.82, 2.24) is 4.98 Å². The number of benzene rings is 4. The minimum atomic E-state index is 0.915. The summed E-state index contributed by atoms with van der Waals surface area (Å²) in [6.45, 7) is 0. The van der Waals surface area contributed by atoms with Crippen molar-refractivity contribution in [1.29, 1.82) is 0 Å². The highest BCUT2D eigenvalue weighted by molar-refractivity contribution is 7.81. The lowest BCUT2D eigenvalue weighted by atomic mass is 9.96. The van der Waals surface area contributed by atoms with E-state index < -0.39 is 0 Å². The molecule has 0 amide bonds. The monoisotopic (exact) mass is 459 g/mol. The largest absolute Gasteiger partial charge is 0.388 e. The molecule has 0 saturated heterocycles. The number of pyridine rings is 1. The summed E-state index contributed by atoms with van der Waals surface area (Å²) in [6.07, 6.45) is 0. The van der Waals surface area contributed by atoms with E-state index in [1.807, 2.05) is 25.2 Å². The predicted octanol–water partition coefficient (Wildman–Crippen LogP) is 8.05. The molecule has 34 heavy (non-hydrogen) atoms. The first-order valence-corrected chi connectivity index (χ1v) is 11.6. The van der Waals surface area contributed by atoms with Gasteiger partial charge in [0.2, 0.25) is 0 Å². The number of hydrogen-bond donors (Lipinski definition) is 3. The van der Waals surface area contributed by atoms with Crippen LogP contribution in [0.25, 0.3) is 44.8 Å². The van der Waals surface area contributed by atoms with Crippen LogP contribution < -0.4 is 10.0 Å². The van der Waals surface area contributed by atoms with E-state index in [1.54, 1.807) is 0 Å². The van der Waals surface area contributed by atoms with E-state index in [1.165, 1.54) is 11.1 Å². The zero-order chi connectivity index (χ0) is 23.3. The van der Waals surface area contributed by atoms with Gasteiger partial charge in [-0.1, -0.05) is 85.6 Å². The highest BCUT2D eigenvalue weighted by Crippen LogP contribution is 2.33. The van der Waals surface area contributed by atoms with Crippen molar-refractivity contribution in [3.63, 3.8) is 0 Å². The molecule has 0 atom stereocenters. The molecular weight excluding hydrogens is 434 g/mol. The Kier molecular flexibility index (Phi) is 6.32. The van der Waals surface area contributed by atoms with Crippen molar-refractivity contribution in [2.45, 2.75) is 0 Å². The van der Waals surface area contributed by atoms with Crippen LogP contribution in [-0.4, -0.2) is 12.0 Å². The first-order chi connectivity index (χ1) is 16.7. The van der Waals surface area contributed by atoms with Crippen LogP contribution in [0.2, 0.25) is 0 Å². The average molecular weight is 460 g/mol. The van der Waals surface area contributed by atoms with Crippen molar-refractivity contribution < 1.29 is 0 Å². The van der Waals surface area contributed by atoms with Crippen molar-refractivity contribution in [3.05, 3.63) is 115 Å². The molecule has 0 unspecified atom stereocenters. The molecular formula is C30H25N3S. The second-order valence-corrected chi connectivity index (χ2v) is 8.32. The Morgan fingerprint density at radius 1 is 0.500 bits per heavy atom. The Labute approximate surface area is 206 Å². The maximum absolute atomic E-state index is 5.05. The number of thiol groups is 1. The number of nitrogens with one attached hydrogen (secondary N) is 2. The molecule has 2 N–H and O–H groups in total. The molecule has 1 heterocycles. The van der Waals surface area contributed by atoms with Gasteiger partial charge in [0.25, 0.3) is 0 Å². The fourth-order valence-corrected chi connectivity index (χ4v) is 4.22. The third kappa shape index (κ3) is 4.68. The molecule has 0 radical (unpaired) electrons. The molecule has 0 saturated carbocycles. The average Bonchev–Trinajstić information content (AvgIpc) is 2.93. The van der Waals surface area contributed by atoms with Gasteiger partial charge >= 0.3 is 0 Å². The molecule has 166 valence electrons. The van der Waals surface area contributed by atoms with Gasteiger partial charge in [0.1, 0.15) is 0 Å². The van der Waals surface area contributed by atoms with Crippen molar-refractivity contribution >= 4 is 24.2 Å². The lowest BCUT2D eigenvalue weighted by Crippen LogP contribution is -1.93. The highest BCUT2D eigenvalue weighted by atomic mass is 32.1. The van der Waals surface area contributed by atoms with Gasteiger partial charge in [-0.3, -0.25) is 0 Å². The zero-order valence-electron chi connectivity index (χ0n) is 18.9. The van der Waals surface area contributed by atoms with E-state index in [2.05, 4.69) is 120 Å².